The fraction of sp³-hybridized carbons (Fsp3) is 0.200. The summed E-state index contributed by atoms with van der Waals surface area (Å²) in [5.41, 5.74) is 2.38. The van der Waals surface area contributed by atoms with Crippen molar-refractivity contribution in [2.24, 2.45) is 0 Å². The van der Waals surface area contributed by atoms with Gasteiger partial charge in [-0.3, -0.25) is 9.59 Å². The molecule has 0 atom stereocenters. The van der Waals surface area contributed by atoms with E-state index in [1.165, 1.54) is 33.7 Å². The van der Waals surface area contributed by atoms with Crippen molar-refractivity contribution >= 4 is 34.0 Å². The zero-order valence-electron chi connectivity index (χ0n) is 12.2. The van der Waals surface area contributed by atoms with E-state index >= 15 is 0 Å². The van der Waals surface area contributed by atoms with Gasteiger partial charge in [-0.25, -0.2) is 4.98 Å². The van der Waals surface area contributed by atoms with Crippen molar-refractivity contribution in [3.8, 4) is 10.6 Å². The number of thioether (sulfide) groups is 1. The van der Waals surface area contributed by atoms with E-state index in [9.17, 15) is 9.59 Å². The largest absolute Gasteiger partial charge is 0.481 e. The van der Waals surface area contributed by atoms with Gasteiger partial charge in [0.2, 0.25) is 4.96 Å². The van der Waals surface area contributed by atoms with Crippen LogP contribution in [0.25, 0.3) is 15.5 Å². The molecule has 0 aliphatic heterocycles. The normalized spacial score (nSPS) is 11.0. The molecule has 0 saturated heterocycles. The lowest BCUT2D eigenvalue weighted by Crippen LogP contribution is -2.15. The molecule has 118 valence electrons. The fourth-order valence-corrected chi connectivity index (χ4v) is 3.62. The molecular weight excluding hydrogens is 334 g/mol. The van der Waals surface area contributed by atoms with Gasteiger partial charge in [-0.05, 0) is 13.0 Å². The third-order valence-corrected chi connectivity index (χ3v) is 4.95. The molecule has 2 aromatic heterocycles. The first-order valence-corrected chi connectivity index (χ1v) is 8.76. The molecule has 0 aliphatic rings. The minimum Gasteiger partial charge on any atom is -0.481 e. The van der Waals surface area contributed by atoms with Crippen LogP contribution < -0.4 is 5.56 Å². The predicted molar refractivity (Wildman–Crippen MR) is 91.1 cm³/mol. The molecule has 6 nitrogen and oxygen atoms in total. The quantitative estimate of drug-likeness (QED) is 0.763. The molecule has 0 radical (unpaired) electrons. The molecule has 8 heteroatoms. The molecule has 0 aliphatic carbocycles. The molecular formula is C15H13N3O3S2. The molecule has 0 amide bonds. The highest BCUT2D eigenvalue weighted by atomic mass is 32.2. The second-order valence-electron chi connectivity index (χ2n) is 4.94. The van der Waals surface area contributed by atoms with Gasteiger partial charge < -0.3 is 5.11 Å². The first-order chi connectivity index (χ1) is 11.0. The van der Waals surface area contributed by atoms with E-state index in [1.54, 1.807) is 0 Å². The number of carbonyl (C=O) groups is 1. The van der Waals surface area contributed by atoms with E-state index < -0.39 is 5.97 Å². The van der Waals surface area contributed by atoms with E-state index in [4.69, 9.17) is 5.11 Å². The Balaban J connectivity index is 1.94. The van der Waals surface area contributed by atoms with Crippen molar-refractivity contribution in [1.29, 1.82) is 0 Å². The number of aryl methyl sites for hydroxylation is 1. The van der Waals surface area contributed by atoms with Gasteiger partial charge in [0.15, 0.2) is 0 Å². The zero-order chi connectivity index (χ0) is 16.4. The molecule has 0 unspecified atom stereocenters. The average molecular weight is 347 g/mol. The average Bonchev–Trinajstić information content (AvgIpc) is 2.91. The summed E-state index contributed by atoms with van der Waals surface area (Å²) < 4.78 is 1.29. The SMILES string of the molecule is Cc1cccc(-c2nn3c(=O)cc(CSCC(=O)O)nc3s2)c1. The fourth-order valence-electron chi connectivity index (χ4n) is 2.07. The number of carboxylic acids is 1. The molecule has 23 heavy (non-hydrogen) atoms. The maximum absolute atomic E-state index is 12.1. The molecule has 3 aromatic rings. The van der Waals surface area contributed by atoms with Gasteiger partial charge in [0.05, 0.1) is 11.4 Å². The lowest BCUT2D eigenvalue weighted by atomic mass is 10.1. The summed E-state index contributed by atoms with van der Waals surface area (Å²) in [5.74, 6) is -0.513. The number of rotatable bonds is 5. The summed E-state index contributed by atoms with van der Waals surface area (Å²) in [5, 5.41) is 13.7. The van der Waals surface area contributed by atoms with Crippen molar-refractivity contribution < 1.29 is 9.90 Å². The molecule has 1 aromatic carbocycles. The molecule has 2 heterocycles. The maximum Gasteiger partial charge on any atom is 0.313 e. The van der Waals surface area contributed by atoms with Crippen LogP contribution in [0, 0.1) is 6.92 Å². The van der Waals surface area contributed by atoms with Crippen LogP contribution in [0.5, 0.6) is 0 Å². The summed E-state index contributed by atoms with van der Waals surface area (Å²) in [6.45, 7) is 2.00. The summed E-state index contributed by atoms with van der Waals surface area (Å²) in [4.78, 5) is 27.6. The van der Waals surface area contributed by atoms with Crippen molar-refractivity contribution in [2.75, 3.05) is 5.75 Å². The highest BCUT2D eigenvalue weighted by molar-refractivity contribution is 7.99. The molecule has 3 rings (SSSR count). The minimum atomic E-state index is -0.882. The van der Waals surface area contributed by atoms with E-state index in [-0.39, 0.29) is 11.3 Å². The third kappa shape index (κ3) is 3.59. The number of hydrogen-bond donors (Lipinski definition) is 1. The highest BCUT2D eigenvalue weighted by Crippen LogP contribution is 2.25. The van der Waals surface area contributed by atoms with E-state index in [1.807, 2.05) is 31.2 Å². The van der Waals surface area contributed by atoms with Crippen molar-refractivity contribution in [2.45, 2.75) is 12.7 Å². The topological polar surface area (TPSA) is 84.6 Å². The summed E-state index contributed by atoms with van der Waals surface area (Å²) in [6.07, 6.45) is 0. The Kier molecular flexibility index (Phi) is 4.44. The molecule has 1 N–H and O–H groups in total. The standard InChI is InChI=1S/C15H13N3O3S2/c1-9-3-2-4-10(5-9)14-17-18-12(19)6-11(16-15(18)23-14)7-22-8-13(20)21/h2-6H,7-8H2,1H3,(H,20,21). The number of carboxylic acid groups (broad SMARTS) is 1. The lowest BCUT2D eigenvalue weighted by molar-refractivity contribution is -0.133. The summed E-state index contributed by atoms with van der Waals surface area (Å²) in [7, 11) is 0. The highest BCUT2D eigenvalue weighted by Gasteiger charge is 2.11. The Labute approximate surface area is 139 Å². The third-order valence-electron chi connectivity index (χ3n) is 3.04. The number of aliphatic carboxylic acids is 1. The van der Waals surface area contributed by atoms with Gasteiger partial charge >= 0.3 is 5.97 Å². The van der Waals surface area contributed by atoms with Gasteiger partial charge in [0.25, 0.3) is 5.56 Å². The monoisotopic (exact) mass is 347 g/mol. The number of fused-ring (bicyclic) bond motifs is 1. The lowest BCUT2D eigenvalue weighted by Gasteiger charge is -1.98. The maximum atomic E-state index is 12.1. The predicted octanol–water partition coefficient (Wildman–Crippen LogP) is 2.44. The van der Waals surface area contributed by atoms with Gasteiger partial charge in [0.1, 0.15) is 5.01 Å². The van der Waals surface area contributed by atoms with Crippen LogP contribution in [-0.4, -0.2) is 31.4 Å². The Morgan fingerprint density at radius 1 is 1.39 bits per heavy atom. The number of hydrogen-bond acceptors (Lipinski definition) is 6. The number of benzene rings is 1. The van der Waals surface area contributed by atoms with Crippen LogP contribution in [0.2, 0.25) is 0 Å². The van der Waals surface area contributed by atoms with Crippen LogP contribution in [0.3, 0.4) is 0 Å². The Morgan fingerprint density at radius 3 is 2.96 bits per heavy atom. The molecule has 0 spiro atoms. The zero-order valence-corrected chi connectivity index (χ0v) is 13.9. The van der Waals surface area contributed by atoms with E-state index in [2.05, 4.69) is 10.1 Å². The number of nitrogens with zero attached hydrogens (tertiary/aromatic N) is 3. The van der Waals surface area contributed by atoms with Gasteiger partial charge in [-0.2, -0.15) is 9.61 Å². The number of aromatic nitrogens is 3. The minimum absolute atomic E-state index is 0.0156. The van der Waals surface area contributed by atoms with Gasteiger partial charge in [-0.15, -0.1) is 11.8 Å². The molecule has 0 saturated carbocycles. The van der Waals surface area contributed by atoms with Crippen LogP contribution in [0.4, 0.5) is 0 Å². The first-order valence-electron chi connectivity index (χ1n) is 6.79. The van der Waals surface area contributed by atoms with E-state index in [0.717, 1.165) is 16.1 Å². The van der Waals surface area contributed by atoms with Crippen LogP contribution in [0.1, 0.15) is 11.3 Å². The molecule has 0 bridgehead atoms. The van der Waals surface area contributed by atoms with Gasteiger partial charge in [-0.1, -0.05) is 35.1 Å². The van der Waals surface area contributed by atoms with Crippen LogP contribution in [0.15, 0.2) is 35.1 Å². The summed E-state index contributed by atoms with van der Waals surface area (Å²) in [6, 6.07) is 9.30. The Bertz CT molecular complexity index is 933. The van der Waals surface area contributed by atoms with Crippen molar-refractivity contribution in [1.82, 2.24) is 14.6 Å². The van der Waals surface area contributed by atoms with Crippen LogP contribution >= 0.6 is 23.1 Å². The van der Waals surface area contributed by atoms with Crippen LogP contribution in [-0.2, 0) is 10.5 Å². The second-order valence-corrected chi connectivity index (χ2v) is 6.88. The van der Waals surface area contributed by atoms with Crippen molar-refractivity contribution in [3.63, 3.8) is 0 Å². The Morgan fingerprint density at radius 2 is 2.22 bits per heavy atom. The molecule has 0 fully saturated rings. The first kappa shape index (κ1) is 15.7. The Hall–Kier alpha value is -2.19. The smallest absolute Gasteiger partial charge is 0.313 e. The van der Waals surface area contributed by atoms with Crippen molar-refractivity contribution in [3.05, 3.63) is 51.9 Å². The second kappa shape index (κ2) is 6.51. The summed E-state index contributed by atoms with van der Waals surface area (Å²) >= 11 is 2.55. The van der Waals surface area contributed by atoms with E-state index in [0.29, 0.717) is 16.4 Å². The van der Waals surface area contributed by atoms with Gasteiger partial charge in [0, 0.05) is 17.4 Å².